The van der Waals surface area contributed by atoms with Crippen molar-refractivity contribution in [3.8, 4) is 0 Å². The number of nitrogens with one attached hydrogen (secondary N) is 2. The predicted molar refractivity (Wildman–Crippen MR) is 40.9 cm³/mol. The van der Waals surface area contributed by atoms with Crippen molar-refractivity contribution in [3.63, 3.8) is 0 Å². The third-order valence-corrected chi connectivity index (χ3v) is 2.87. The van der Waals surface area contributed by atoms with Gasteiger partial charge in [0.05, 0.1) is 0 Å². The average molecular weight is 155 g/mol. The summed E-state index contributed by atoms with van der Waals surface area (Å²) in [5.41, 5.74) is 4.90. The Bertz CT molecular complexity index is 194. The normalized spacial score (nSPS) is 42.4. The molecule has 2 heterocycles. The monoisotopic (exact) mass is 155 g/mol. The molecule has 0 aromatic rings. The molecule has 11 heavy (non-hydrogen) atoms. The van der Waals surface area contributed by atoms with Crippen molar-refractivity contribution in [1.29, 1.82) is 0 Å². The zero-order valence-corrected chi connectivity index (χ0v) is 6.39. The van der Waals surface area contributed by atoms with Crippen molar-refractivity contribution in [2.75, 3.05) is 19.6 Å². The molecule has 0 aromatic carbocycles. The Morgan fingerprint density at radius 2 is 2.45 bits per heavy atom. The van der Waals surface area contributed by atoms with Crippen LogP contribution in [0.1, 0.15) is 6.42 Å². The van der Waals surface area contributed by atoms with Crippen molar-refractivity contribution < 1.29 is 4.79 Å². The molecule has 2 rings (SSSR count). The number of nitrogens with two attached hydrogens (primary N) is 1. The summed E-state index contributed by atoms with van der Waals surface area (Å²) in [7, 11) is 0. The maximum absolute atomic E-state index is 11.1. The fourth-order valence-electron chi connectivity index (χ4n) is 1.99. The van der Waals surface area contributed by atoms with Gasteiger partial charge in [-0.3, -0.25) is 4.79 Å². The fraction of sp³-hybridized carbons (Fsp3) is 0.857. The largest absolute Gasteiger partial charge is 0.368 e. The van der Waals surface area contributed by atoms with E-state index in [2.05, 4.69) is 10.6 Å². The fourth-order valence-corrected chi connectivity index (χ4v) is 1.99. The molecule has 4 N–H and O–H groups in total. The molecule has 0 radical (unpaired) electrons. The lowest BCUT2D eigenvalue weighted by molar-refractivity contribution is -0.132. The van der Waals surface area contributed by atoms with Gasteiger partial charge in [-0.25, -0.2) is 0 Å². The topological polar surface area (TPSA) is 67.2 Å². The Hall–Kier alpha value is -0.610. The van der Waals surface area contributed by atoms with Crippen molar-refractivity contribution in [2.24, 2.45) is 11.7 Å². The highest BCUT2D eigenvalue weighted by Gasteiger charge is 2.52. The Kier molecular flexibility index (Phi) is 1.40. The smallest absolute Gasteiger partial charge is 0.239 e. The van der Waals surface area contributed by atoms with Crippen LogP contribution < -0.4 is 16.4 Å². The highest BCUT2D eigenvalue weighted by atomic mass is 16.1. The molecule has 2 saturated heterocycles. The molecule has 0 aromatic heterocycles. The minimum Gasteiger partial charge on any atom is -0.368 e. The molecule has 2 fully saturated rings. The maximum Gasteiger partial charge on any atom is 0.239 e. The van der Waals surface area contributed by atoms with Crippen LogP contribution in [0.15, 0.2) is 0 Å². The highest BCUT2D eigenvalue weighted by molar-refractivity contribution is 5.86. The molecule has 0 saturated carbocycles. The number of rotatable bonds is 1. The van der Waals surface area contributed by atoms with Crippen molar-refractivity contribution in [1.82, 2.24) is 10.6 Å². The zero-order chi connectivity index (χ0) is 7.90. The lowest BCUT2D eigenvalue weighted by Gasteiger charge is -2.51. The summed E-state index contributed by atoms with van der Waals surface area (Å²) in [5, 5.41) is 6.30. The summed E-state index contributed by atoms with van der Waals surface area (Å²) >= 11 is 0. The van der Waals surface area contributed by atoms with Crippen molar-refractivity contribution >= 4 is 5.91 Å². The third kappa shape index (κ3) is 0.795. The number of carbonyl (C=O) groups excluding carboxylic acids is 1. The zero-order valence-electron chi connectivity index (χ0n) is 6.39. The summed E-state index contributed by atoms with van der Waals surface area (Å²) in [4.78, 5) is 11.1. The summed E-state index contributed by atoms with van der Waals surface area (Å²) in [5.74, 6) is 0.266. The van der Waals surface area contributed by atoms with Crippen LogP contribution in [0.3, 0.4) is 0 Å². The van der Waals surface area contributed by atoms with E-state index in [1.54, 1.807) is 0 Å². The Morgan fingerprint density at radius 3 is 2.82 bits per heavy atom. The molecular weight excluding hydrogens is 142 g/mol. The number of fused-ring (bicyclic) bond motifs is 1. The number of hydrogen-bond acceptors (Lipinski definition) is 3. The molecule has 2 unspecified atom stereocenters. The van der Waals surface area contributed by atoms with Gasteiger partial charge in [0.15, 0.2) is 0 Å². The summed E-state index contributed by atoms with van der Waals surface area (Å²) < 4.78 is 0. The SMILES string of the molecule is NC(=O)C12CNCCC1CN2. The molecule has 4 nitrogen and oxygen atoms in total. The van der Waals surface area contributed by atoms with Gasteiger partial charge >= 0.3 is 0 Å². The van der Waals surface area contributed by atoms with E-state index < -0.39 is 5.54 Å². The van der Waals surface area contributed by atoms with Crippen LogP contribution in [0.2, 0.25) is 0 Å². The van der Waals surface area contributed by atoms with E-state index in [9.17, 15) is 4.79 Å². The molecule has 4 heteroatoms. The number of carbonyl (C=O) groups is 1. The first-order valence-corrected chi connectivity index (χ1v) is 4.01. The first-order valence-electron chi connectivity index (χ1n) is 4.01. The number of primary amides is 1. The van der Waals surface area contributed by atoms with Gasteiger partial charge in [0, 0.05) is 19.0 Å². The van der Waals surface area contributed by atoms with E-state index in [0.29, 0.717) is 12.5 Å². The first-order chi connectivity index (χ1) is 5.26. The molecule has 0 bridgehead atoms. The summed E-state index contributed by atoms with van der Waals surface area (Å²) in [6.45, 7) is 2.67. The van der Waals surface area contributed by atoms with Crippen molar-refractivity contribution in [3.05, 3.63) is 0 Å². The second-order valence-corrected chi connectivity index (χ2v) is 3.38. The minimum absolute atomic E-state index is 0.207. The van der Waals surface area contributed by atoms with E-state index in [1.165, 1.54) is 0 Å². The standard InChI is InChI=1S/C7H13N3O/c8-6(11)7-4-9-2-1-5(7)3-10-7/h5,9-10H,1-4H2,(H2,8,11). The van der Waals surface area contributed by atoms with Gasteiger partial charge < -0.3 is 16.4 Å². The van der Waals surface area contributed by atoms with Crippen LogP contribution in [-0.4, -0.2) is 31.1 Å². The van der Waals surface area contributed by atoms with Crippen LogP contribution >= 0.6 is 0 Å². The van der Waals surface area contributed by atoms with Gasteiger partial charge in [0.25, 0.3) is 0 Å². The van der Waals surface area contributed by atoms with Gasteiger partial charge in [-0.1, -0.05) is 0 Å². The van der Waals surface area contributed by atoms with Gasteiger partial charge in [-0.05, 0) is 13.0 Å². The van der Waals surface area contributed by atoms with E-state index in [-0.39, 0.29) is 5.91 Å². The van der Waals surface area contributed by atoms with E-state index in [0.717, 1.165) is 19.5 Å². The number of amides is 1. The molecule has 2 atom stereocenters. The van der Waals surface area contributed by atoms with Crippen LogP contribution in [0.25, 0.3) is 0 Å². The van der Waals surface area contributed by atoms with Crippen LogP contribution in [0.5, 0.6) is 0 Å². The van der Waals surface area contributed by atoms with Crippen LogP contribution in [0.4, 0.5) is 0 Å². The molecule has 0 aliphatic carbocycles. The van der Waals surface area contributed by atoms with Crippen LogP contribution in [-0.2, 0) is 4.79 Å². The third-order valence-electron chi connectivity index (χ3n) is 2.87. The second-order valence-electron chi connectivity index (χ2n) is 3.38. The molecule has 2 aliphatic heterocycles. The van der Waals surface area contributed by atoms with Crippen LogP contribution in [0, 0.1) is 5.92 Å². The van der Waals surface area contributed by atoms with Crippen molar-refractivity contribution in [2.45, 2.75) is 12.0 Å². The van der Waals surface area contributed by atoms with Gasteiger partial charge in [0.1, 0.15) is 5.54 Å². The number of piperidine rings is 1. The lowest BCUT2D eigenvalue weighted by atomic mass is 9.72. The molecule has 62 valence electrons. The molecule has 0 spiro atoms. The van der Waals surface area contributed by atoms with Gasteiger partial charge in [-0.15, -0.1) is 0 Å². The first kappa shape index (κ1) is 7.06. The second kappa shape index (κ2) is 2.19. The van der Waals surface area contributed by atoms with E-state index in [1.807, 2.05) is 0 Å². The Labute approximate surface area is 65.5 Å². The molecule has 1 amide bonds. The quantitative estimate of drug-likeness (QED) is 0.428. The molecular formula is C7H13N3O. The summed E-state index contributed by atoms with van der Waals surface area (Å²) in [6, 6.07) is 0. The van der Waals surface area contributed by atoms with E-state index in [4.69, 9.17) is 5.73 Å². The predicted octanol–water partition coefficient (Wildman–Crippen LogP) is -1.58. The summed E-state index contributed by atoms with van der Waals surface area (Å²) in [6.07, 6.45) is 1.07. The lowest BCUT2D eigenvalue weighted by Crippen LogP contribution is -2.77. The minimum atomic E-state index is -0.405. The Balaban J connectivity index is 2.15. The van der Waals surface area contributed by atoms with Gasteiger partial charge in [-0.2, -0.15) is 0 Å². The Morgan fingerprint density at radius 1 is 1.64 bits per heavy atom. The highest BCUT2D eigenvalue weighted by Crippen LogP contribution is 2.30. The average Bonchev–Trinajstić information content (AvgIpc) is 1.91. The van der Waals surface area contributed by atoms with Gasteiger partial charge in [0.2, 0.25) is 5.91 Å². The van der Waals surface area contributed by atoms with E-state index >= 15 is 0 Å². The maximum atomic E-state index is 11.1. The number of hydrogen-bond donors (Lipinski definition) is 3. The molecule has 2 aliphatic rings.